The van der Waals surface area contributed by atoms with Crippen LogP contribution in [0.4, 0.5) is 5.69 Å². The number of nitrogens with one attached hydrogen (secondary N) is 1. The van der Waals surface area contributed by atoms with Gasteiger partial charge in [0.2, 0.25) is 0 Å². The molecule has 0 saturated carbocycles. The molecule has 0 aromatic heterocycles. The second-order valence-electron chi connectivity index (χ2n) is 4.54. The first-order valence-electron chi connectivity index (χ1n) is 5.96. The van der Waals surface area contributed by atoms with Crippen LogP contribution in [0.15, 0.2) is 54.6 Å². The number of anilines is 1. The number of rotatable bonds is 3. The Bertz CT molecular complexity index is 569. The molecule has 2 aromatic rings. The maximum Gasteiger partial charge on any atom is 0.148 e. The van der Waals surface area contributed by atoms with Crippen LogP contribution in [0.25, 0.3) is 0 Å². The third kappa shape index (κ3) is 2.36. The molecule has 90 valence electrons. The number of nitriles is 1. The maximum absolute atomic E-state index is 9.48. The zero-order chi connectivity index (χ0) is 13.0. The number of hydrogen-bond acceptors (Lipinski definition) is 2. The second kappa shape index (κ2) is 4.93. The lowest BCUT2D eigenvalue weighted by Gasteiger charge is -2.26. The summed E-state index contributed by atoms with van der Waals surface area (Å²) in [6.07, 6.45) is 0. The van der Waals surface area contributed by atoms with E-state index in [9.17, 15) is 5.26 Å². The van der Waals surface area contributed by atoms with Crippen molar-refractivity contribution in [2.24, 2.45) is 0 Å². The van der Waals surface area contributed by atoms with Gasteiger partial charge in [0.25, 0.3) is 0 Å². The van der Waals surface area contributed by atoms with Crippen LogP contribution in [-0.2, 0) is 5.54 Å². The van der Waals surface area contributed by atoms with Crippen LogP contribution in [0.3, 0.4) is 0 Å². The zero-order valence-corrected chi connectivity index (χ0v) is 10.6. The van der Waals surface area contributed by atoms with Gasteiger partial charge in [-0.05, 0) is 31.0 Å². The minimum atomic E-state index is -0.715. The Morgan fingerprint density at radius 2 is 1.61 bits per heavy atom. The molecule has 0 saturated heterocycles. The smallest absolute Gasteiger partial charge is 0.148 e. The van der Waals surface area contributed by atoms with Gasteiger partial charge in [0.1, 0.15) is 5.54 Å². The van der Waals surface area contributed by atoms with Gasteiger partial charge in [0, 0.05) is 5.69 Å². The summed E-state index contributed by atoms with van der Waals surface area (Å²) < 4.78 is 0. The van der Waals surface area contributed by atoms with Crippen LogP contribution in [0.5, 0.6) is 0 Å². The molecule has 0 aliphatic carbocycles. The molecule has 2 nitrogen and oxygen atoms in total. The number of nitrogens with zero attached hydrogens (tertiary/aromatic N) is 1. The van der Waals surface area contributed by atoms with Crippen LogP contribution >= 0.6 is 0 Å². The highest BCUT2D eigenvalue weighted by atomic mass is 15.0. The van der Waals surface area contributed by atoms with Gasteiger partial charge in [-0.25, -0.2) is 0 Å². The van der Waals surface area contributed by atoms with Crippen LogP contribution in [0.1, 0.15) is 18.1 Å². The molecule has 0 heterocycles. The first-order valence-corrected chi connectivity index (χ1v) is 5.96. The van der Waals surface area contributed by atoms with Gasteiger partial charge >= 0.3 is 0 Å². The molecule has 2 aromatic carbocycles. The van der Waals surface area contributed by atoms with Crippen molar-refractivity contribution in [2.45, 2.75) is 19.4 Å². The number of benzene rings is 2. The average Bonchev–Trinajstić information content (AvgIpc) is 2.42. The Morgan fingerprint density at radius 1 is 1.00 bits per heavy atom. The molecule has 0 fully saturated rings. The molecule has 0 aliphatic rings. The van der Waals surface area contributed by atoms with E-state index in [0.29, 0.717) is 0 Å². The predicted molar refractivity (Wildman–Crippen MR) is 74.2 cm³/mol. The van der Waals surface area contributed by atoms with Gasteiger partial charge in [-0.15, -0.1) is 0 Å². The van der Waals surface area contributed by atoms with Gasteiger partial charge in [-0.2, -0.15) is 5.26 Å². The Labute approximate surface area is 108 Å². The average molecular weight is 236 g/mol. The monoisotopic (exact) mass is 236 g/mol. The third-order valence-electron chi connectivity index (χ3n) is 3.10. The van der Waals surface area contributed by atoms with Crippen LogP contribution in [0.2, 0.25) is 0 Å². The summed E-state index contributed by atoms with van der Waals surface area (Å²) >= 11 is 0. The van der Waals surface area contributed by atoms with E-state index in [-0.39, 0.29) is 0 Å². The molecule has 0 aliphatic heterocycles. The molecular weight excluding hydrogens is 220 g/mol. The van der Waals surface area contributed by atoms with Crippen molar-refractivity contribution in [3.05, 3.63) is 65.7 Å². The summed E-state index contributed by atoms with van der Waals surface area (Å²) in [5.74, 6) is 0. The standard InChI is InChI=1S/C16H16N2/c1-13-8-6-7-11-15(13)18-16(2,12-17)14-9-4-3-5-10-14/h3-11,18H,1-2H3. The van der Waals surface area contributed by atoms with Crippen molar-refractivity contribution in [2.75, 3.05) is 5.32 Å². The minimum Gasteiger partial charge on any atom is -0.364 e. The quantitative estimate of drug-likeness (QED) is 0.878. The van der Waals surface area contributed by atoms with Crippen molar-refractivity contribution in [3.8, 4) is 6.07 Å². The maximum atomic E-state index is 9.48. The molecule has 1 unspecified atom stereocenters. The summed E-state index contributed by atoms with van der Waals surface area (Å²) in [6.45, 7) is 3.93. The van der Waals surface area contributed by atoms with Gasteiger partial charge < -0.3 is 5.32 Å². The van der Waals surface area contributed by atoms with E-state index in [0.717, 1.165) is 16.8 Å². The number of para-hydroxylation sites is 1. The van der Waals surface area contributed by atoms with Crippen molar-refractivity contribution < 1.29 is 0 Å². The number of aryl methyl sites for hydroxylation is 1. The van der Waals surface area contributed by atoms with E-state index in [4.69, 9.17) is 0 Å². The lowest BCUT2D eigenvalue weighted by molar-refractivity contribution is 0.705. The van der Waals surface area contributed by atoms with Crippen molar-refractivity contribution in [3.63, 3.8) is 0 Å². The molecule has 1 N–H and O–H groups in total. The van der Waals surface area contributed by atoms with Gasteiger partial charge in [0.05, 0.1) is 6.07 Å². The van der Waals surface area contributed by atoms with Crippen molar-refractivity contribution in [1.29, 1.82) is 5.26 Å². The predicted octanol–water partition coefficient (Wildman–Crippen LogP) is 3.85. The highest BCUT2D eigenvalue weighted by molar-refractivity contribution is 5.55. The van der Waals surface area contributed by atoms with E-state index in [1.165, 1.54) is 0 Å². The Kier molecular flexibility index (Phi) is 3.34. The fourth-order valence-electron chi connectivity index (χ4n) is 1.92. The molecular formula is C16H16N2. The Morgan fingerprint density at radius 3 is 2.22 bits per heavy atom. The second-order valence-corrected chi connectivity index (χ2v) is 4.54. The first-order chi connectivity index (χ1) is 8.65. The zero-order valence-electron chi connectivity index (χ0n) is 10.6. The lowest BCUT2D eigenvalue weighted by Crippen LogP contribution is -2.30. The van der Waals surface area contributed by atoms with E-state index < -0.39 is 5.54 Å². The van der Waals surface area contributed by atoms with Gasteiger partial charge in [-0.3, -0.25) is 0 Å². The van der Waals surface area contributed by atoms with Crippen molar-refractivity contribution >= 4 is 5.69 Å². The van der Waals surface area contributed by atoms with E-state index in [2.05, 4.69) is 11.4 Å². The third-order valence-corrected chi connectivity index (χ3v) is 3.10. The molecule has 0 radical (unpaired) electrons. The molecule has 2 rings (SSSR count). The molecule has 0 bridgehead atoms. The molecule has 0 amide bonds. The highest BCUT2D eigenvalue weighted by Crippen LogP contribution is 2.26. The SMILES string of the molecule is Cc1ccccc1NC(C)(C#N)c1ccccc1. The molecule has 18 heavy (non-hydrogen) atoms. The summed E-state index contributed by atoms with van der Waals surface area (Å²) in [7, 11) is 0. The fraction of sp³-hybridized carbons (Fsp3) is 0.188. The van der Waals surface area contributed by atoms with Crippen molar-refractivity contribution in [1.82, 2.24) is 0 Å². The fourth-order valence-corrected chi connectivity index (χ4v) is 1.92. The summed E-state index contributed by atoms with van der Waals surface area (Å²) in [5, 5.41) is 12.8. The van der Waals surface area contributed by atoms with Crippen LogP contribution < -0.4 is 5.32 Å². The molecule has 0 spiro atoms. The Hall–Kier alpha value is -2.27. The lowest BCUT2D eigenvalue weighted by atomic mass is 9.93. The van der Waals surface area contributed by atoms with Gasteiger partial charge in [-0.1, -0.05) is 48.5 Å². The number of hydrogen-bond donors (Lipinski definition) is 1. The topological polar surface area (TPSA) is 35.8 Å². The summed E-state index contributed by atoms with van der Waals surface area (Å²) in [6, 6.07) is 20.1. The van der Waals surface area contributed by atoms with E-state index in [1.54, 1.807) is 0 Å². The molecule has 1 atom stereocenters. The molecule has 2 heteroatoms. The largest absolute Gasteiger partial charge is 0.364 e. The van der Waals surface area contributed by atoms with E-state index >= 15 is 0 Å². The summed E-state index contributed by atoms with van der Waals surface area (Å²) in [4.78, 5) is 0. The van der Waals surface area contributed by atoms with E-state index in [1.807, 2.05) is 68.4 Å². The van der Waals surface area contributed by atoms with Crippen LogP contribution in [0, 0.1) is 18.3 Å². The minimum absolute atomic E-state index is 0.715. The highest BCUT2D eigenvalue weighted by Gasteiger charge is 2.26. The normalized spacial score (nSPS) is 13.4. The van der Waals surface area contributed by atoms with Gasteiger partial charge in [0.15, 0.2) is 0 Å². The van der Waals surface area contributed by atoms with Crippen LogP contribution in [-0.4, -0.2) is 0 Å². The first kappa shape index (κ1) is 12.2. The summed E-state index contributed by atoms with van der Waals surface area (Å²) in [5.41, 5.74) is 2.38. The Balaban J connectivity index is 2.36.